The van der Waals surface area contributed by atoms with Crippen LogP contribution in [-0.2, 0) is 16.0 Å². The van der Waals surface area contributed by atoms with Crippen LogP contribution in [0.4, 0.5) is 0 Å². The van der Waals surface area contributed by atoms with Crippen molar-refractivity contribution in [1.82, 2.24) is 4.90 Å². The summed E-state index contributed by atoms with van der Waals surface area (Å²) in [6, 6.07) is 10.5. The molecule has 1 fully saturated rings. The third kappa shape index (κ3) is 4.00. The number of carbonyl (C=O) groups is 1. The summed E-state index contributed by atoms with van der Waals surface area (Å²) in [4.78, 5) is 14.6. The molecule has 4 heteroatoms. The smallest absolute Gasteiger partial charge is 0.226 e. The third-order valence-electron chi connectivity index (χ3n) is 3.66. The number of amides is 1. The summed E-state index contributed by atoms with van der Waals surface area (Å²) in [6.07, 6.45) is 2.92. The van der Waals surface area contributed by atoms with Gasteiger partial charge in [0.15, 0.2) is 0 Å². The van der Waals surface area contributed by atoms with Crippen LogP contribution >= 0.6 is 11.8 Å². The van der Waals surface area contributed by atoms with Crippen LogP contribution in [0.3, 0.4) is 0 Å². The lowest BCUT2D eigenvalue weighted by molar-refractivity contribution is -0.142. The minimum atomic E-state index is 0.0846. The highest BCUT2D eigenvalue weighted by Gasteiger charge is 2.29. The average molecular weight is 293 g/mol. The van der Waals surface area contributed by atoms with Gasteiger partial charge in [0, 0.05) is 18.2 Å². The van der Waals surface area contributed by atoms with Gasteiger partial charge in [-0.3, -0.25) is 4.79 Å². The zero-order chi connectivity index (χ0) is 14.4. The lowest BCUT2D eigenvalue weighted by atomic mass is 10.0. The average Bonchev–Trinajstić information content (AvgIpc) is 2.48. The van der Waals surface area contributed by atoms with Crippen molar-refractivity contribution in [2.45, 2.75) is 19.4 Å². The molecule has 0 bridgehead atoms. The van der Waals surface area contributed by atoms with Crippen molar-refractivity contribution in [3.05, 3.63) is 35.9 Å². The maximum atomic E-state index is 12.5. The van der Waals surface area contributed by atoms with Gasteiger partial charge in [-0.1, -0.05) is 37.3 Å². The van der Waals surface area contributed by atoms with Crippen LogP contribution in [0.15, 0.2) is 30.3 Å². The van der Waals surface area contributed by atoms with Gasteiger partial charge in [0.05, 0.1) is 19.3 Å². The Morgan fingerprint density at radius 3 is 2.90 bits per heavy atom. The van der Waals surface area contributed by atoms with Gasteiger partial charge in [-0.25, -0.2) is 0 Å². The van der Waals surface area contributed by atoms with E-state index in [0.717, 1.165) is 18.7 Å². The second kappa shape index (κ2) is 7.70. The quantitative estimate of drug-likeness (QED) is 0.835. The maximum Gasteiger partial charge on any atom is 0.226 e. The van der Waals surface area contributed by atoms with Gasteiger partial charge in [-0.2, -0.15) is 11.8 Å². The lowest BCUT2D eigenvalue weighted by Crippen LogP contribution is -2.51. The first-order valence-electron chi connectivity index (χ1n) is 7.13. The first-order chi connectivity index (χ1) is 9.72. The molecule has 1 heterocycles. The van der Waals surface area contributed by atoms with E-state index in [1.165, 1.54) is 5.56 Å². The summed E-state index contributed by atoms with van der Waals surface area (Å²) >= 11 is 1.73. The molecular weight excluding hydrogens is 270 g/mol. The van der Waals surface area contributed by atoms with Gasteiger partial charge in [0.2, 0.25) is 5.91 Å². The molecule has 0 N–H and O–H groups in total. The first-order valence-corrected chi connectivity index (χ1v) is 8.53. The Kier molecular flexibility index (Phi) is 5.92. The topological polar surface area (TPSA) is 29.5 Å². The SMILES string of the molecule is CSCC(C)C(=O)N1CCOC[C@@H]1Cc1ccccc1. The van der Waals surface area contributed by atoms with Gasteiger partial charge in [-0.15, -0.1) is 0 Å². The van der Waals surface area contributed by atoms with Crippen molar-refractivity contribution < 1.29 is 9.53 Å². The maximum absolute atomic E-state index is 12.5. The molecule has 1 unspecified atom stereocenters. The molecule has 1 aromatic carbocycles. The Hall–Kier alpha value is -1.00. The Balaban J connectivity index is 2.03. The number of morpholine rings is 1. The Morgan fingerprint density at radius 2 is 2.20 bits per heavy atom. The van der Waals surface area contributed by atoms with E-state index in [-0.39, 0.29) is 17.9 Å². The number of thioether (sulfide) groups is 1. The van der Waals surface area contributed by atoms with E-state index in [0.29, 0.717) is 13.2 Å². The molecule has 0 aromatic heterocycles. The molecule has 1 amide bonds. The molecular formula is C16H23NO2S. The number of rotatable bonds is 5. The van der Waals surface area contributed by atoms with Crippen molar-refractivity contribution >= 4 is 17.7 Å². The third-order valence-corrected chi connectivity index (χ3v) is 4.50. The number of carbonyl (C=O) groups excluding carboxylic acids is 1. The molecule has 20 heavy (non-hydrogen) atoms. The van der Waals surface area contributed by atoms with Crippen LogP contribution in [0.2, 0.25) is 0 Å². The van der Waals surface area contributed by atoms with Crippen LogP contribution in [0, 0.1) is 5.92 Å². The minimum Gasteiger partial charge on any atom is -0.377 e. The molecule has 0 spiro atoms. The molecule has 1 aromatic rings. The van der Waals surface area contributed by atoms with Gasteiger partial charge < -0.3 is 9.64 Å². The predicted molar refractivity (Wildman–Crippen MR) is 84.0 cm³/mol. The van der Waals surface area contributed by atoms with Gasteiger partial charge in [0.25, 0.3) is 0 Å². The van der Waals surface area contributed by atoms with E-state index in [2.05, 4.69) is 12.1 Å². The second-order valence-corrected chi connectivity index (χ2v) is 6.22. The van der Waals surface area contributed by atoms with E-state index < -0.39 is 0 Å². The Bertz CT molecular complexity index is 424. The van der Waals surface area contributed by atoms with Crippen molar-refractivity contribution in [1.29, 1.82) is 0 Å². The molecule has 1 aliphatic rings. The molecule has 110 valence electrons. The van der Waals surface area contributed by atoms with E-state index >= 15 is 0 Å². The largest absolute Gasteiger partial charge is 0.377 e. The summed E-state index contributed by atoms with van der Waals surface area (Å²) in [7, 11) is 0. The number of nitrogens with zero attached hydrogens (tertiary/aromatic N) is 1. The van der Waals surface area contributed by atoms with Gasteiger partial charge >= 0.3 is 0 Å². The highest BCUT2D eigenvalue weighted by molar-refractivity contribution is 7.98. The molecule has 2 rings (SSSR count). The molecule has 2 atom stereocenters. The summed E-state index contributed by atoms with van der Waals surface area (Å²) in [5, 5.41) is 0. The summed E-state index contributed by atoms with van der Waals surface area (Å²) in [6.45, 7) is 4.04. The zero-order valence-electron chi connectivity index (χ0n) is 12.2. The van der Waals surface area contributed by atoms with Crippen LogP contribution in [0.25, 0.3) is 0 Å². The number of hydrogen-bond acceptors (Lipinski definition) is 3. The minimum absolute atomic E-state index is 0.0846. The monoisotopic (exact) mass is 293 g/mol. The van der Waals surface area contributed by atoms with E-state index in [9.17, 15) is 4.79 Å². The van der Waals surface area contributed by atoms with Crippen molar-refractivity contribution in [2.24, 2.45) is 5.92 Å². The summed E-state index contributed by atoms with van der Waals surface area (Å²) in [5.41, 5.74) is 1.26. The lowest BCUT2D eigenvalue weighted by Gasteiger charge is -2.37. The fraction of sp³-hybridized carbons (Fsp3) is 0.562. The normalized spacial score (nSPS) is 20.7. The fourth-order valence-corrected chi connectivity index (χ4v) is 3.25. The van der Waals surface area contributed by atoms with E-state index in [4.69, 9.17) is 4.74 Å². The molecule has 0 saturated carbocycles. The second-order valence-electron chi connectivity index (χ2n) is 5.31. The van der Waals surface area contributed by atoms with Crippen LogP contribution in [-0.4, -0.2) is 48.6 Å². The first kappa shape index (κ1) is 15.4. The van der Waals surface area contributed by atoms with E-state index in [1.54, 1.807) is 11.8 Å². The van der Waals surface area contributed by atoms with Crippen molar-refractivity contribution in [2.75, 3.05) is 31.8 Å². The molecule has 3 nitrogen and oxygen atoms in total. The number of hydrogen-bond donors (Lipinski definition) is 0. The molecule has 0 radical (unpaired) electrons. The van der Waals surface area contributed by atoms with Crippen molar-refractivity contribution in [3.63, 3.8) is 0 Å². The van der Waals surface area contributed by atoms with Crippen LogP contribution < -0.4 is 0 Å². The standard InChI is InChI=1S/C16H23NO2S/c1-13(12-20-2)16(18)17-8-9-19-11-15(17)10-14-6-4-3-5-7-14/h3-7,13,15H,8-12H2,1-2H3/t13?,15-/m0/s1. The Labute approximate surface area is 125 Å². The summed E-state index contributed by atoms with van der Waals surface area (Å²) < 4.78 is 5.58. The Morgan fingerprint density at radius 1 is 1.45 bits per heavy atom. The zero-order valence-corrected chi connectivity index (χ0v) is 13.1. The number of ether oxygens (including phenoxy) is 1. The van der Waals surface area contributed by atoms with Gasteiger partial charge in [0.1, 0.15) is 0 Å². The highest BCUT2D eigenvalue weighted by atomic mass is 32.2. The van der Waals surface area contributed by atoms with Gasteiger partial charge in [-0.05, 0) is 18.2 Å². The van der Waals surface area contributed by atoms with E-state index in [1.807, 2.05) is 36.3 Å². The van der Waals surface area contributed by atoms with Crippen molar-refractivity contribution in [3.8, 4) is 0 Å². The predicted octanol–water partition coefficient (Wildman–Crippen LogP) is 2.46. The number of benzene rings is 1. The van der Waals surface area contributed by atoms with Crippen LogP contribution in [0.5, 0.6) is 0 Å². The van der Waals surface area contributed by atoms with Crippen LogP contribution in [0.1, 0.15) is 12.5 Å². The molecule has 0 aliphatic carbocycles. The summed E-state index contributed by atoms with van der Waals surface area (Å²) in [5.74, 6) is 1.23. The molecule has 1 saturated heterocycles. The highest BCUT2D eigenvalue weighted by Crippen LogP contribution is 2.17. The fourth-order valence-electron chi connectivity index (χ4n) is 2.60. The molecule has 1 aliphatic heterocycles.